The van der Waals surface area contributed by atoms with Crippen molar-refractivity contribution in [3.8, 4) is 5.75 Å². The molecular formula is C22H31N3O4. The Kier molecular flexibility index (Phi) is 8.24. The molecule has 0 saturated heterocycles. The van der Waals surface area contributed by atoms with E-state index in [2.05, 4.69) is 10.5 Å². The maximum absolute atomic E-state index is 13.2. The molecule has 1 heterocycles. The minimum absolute atomic E-state index is 0.0389. The van der Waals surface area contributed by atoms with E-state index < -0.39 is 0 Å². The van der Waals surface area contributed by atoms with Gasteiger partial charge in [0.15, 0.2) is 11.5 Å². The van der Waals surface area contributed by atoms with Gasteiger partial charge in [-0.2, -0.15) is 0 Å². The Morgan fingerprint density at radius 1 is 1.21 bits per heavy atom. The molecule has 2 rings (SSSR count). The molecule has 0 radical (unpaired) electrons. The summed E-state index contributed by atoms with van der Waals surface area (Å²) in [5, 5.41) is 6.69. The normalized spacial score (nSPS) is 11.0. The Hall–Kier alpha value is -2.83. The van der Waals surface area contributed by atoms with Crippen LogP contribution in [0.1, 0.15) is 67.1 Å². The number of aromatic nitrogens is 1. The molecule has 0 bridgehead atoms. The second-order valence-electron chi connectivity index (χ2n) is 7.42. The highest BCUT2D eigenvalue weighted by Crippen LogP contribution is 2.20. The molecule has 0 unspecified atom stereocenters. The molecular weight excluding hydrogens is 370 g/mol. The summed E-state index contributed by atoms with van der Waals surface area (Å²) in [5.74, 6) is 1.06. The maximum atomic E-state index is 13.2. The van der Waals surface area contributed by atoms with E-state index in [1.165, 1.54) is 0 Å². The topological polar surface area (TPSA) is 84.7 Å². The number of methoxy groups -OCH3 is 1. The quantitative estimate of drug-likeness (QED) is 0.653. The highest BCUT2D eigenvalue weighted by molar-refractivity contribution is 5.95. The third-order valence-electron chi connectivity index (χ3n) is 4.75. The van der Waals surface area contributed by atoms with E-state index in [1.807, 2.05) is 27.7 Å². The fraction of sp³-hybridized carbons (Fsp3) is 0.500. The SMILES string of the molecule is CCC(CC)N(Cc1cc(C(=O)NCC(C)C)no1)C(=O)c1cccc(OC)c1. The average Bonchev–Trinajstić information content (AvgIpc) is 3.20. The van der Waals surface area contributed by atoms with Gasteiger partial charge < -0.3 is 19.5 Å². The zero-order chi connectivity index (χ0) is 21.4. The number of carbonyl (C=O) groups is 2. The van der Waals surface area contributed by atoms with E-state index in [-0.39, 0.29) is 30.1 Å². The third kappa shape index (κ3) is 6.07. The largest absolute Gasteiger partial charge is 0.497 e. The second kappa shape index (κ2) is 10.6. The summed E-state index contributed by atoms with van der Waals surface area (Å²) in [7, 11) is 1.57. The van der Waals surface area contributed by atoms with E-state index in [9.17, 15) is 9.59 Å². The van der Waals surface area contributed by atoms with E-state index in [1.54, 1.807) is 42.3 Å². The molecule has 1 aromatic heterocycles. The standard InChI is InChI=1S/C22H31N3O4/c1-6-17(7-2)25(22(27)16-9-8-10-18(11-16)28-5)14-19-12-20(24-29-19)21(26)23-13-15(3)4/h8-12,15,17H,6-7,13-14H2,1-5H3,(H,23,26). The van der Waals surface area contributed by atoms with Crippen molar-refractivity contribution >= 4 is 11.8 Å². The molecule has 0 atom stereocenters. The van der Waals surface area contributed by atoms with E-state index >= 15 is 0 Å². The monoisotopic (exact) mass is 401 g/mol. The van der Waals surface area contributed by atoms with Gasteiger partial charge in [0.25, 0.3) is 11.8 Å². The summed E-state index contributed by atoms with van der Waals surface area (Å²) in [6.07, 6.45) is 1.62. The van der Waals surface area contributed by atoms with Gasteiger partial charge in [-0.15, -0.1) is 0 Å². The molecule has 158 valence electrons. The maximum Gasteiger partial charge on any atom is 0.273 e. The summed E-state index contributed by atoms with van der Waals surface area (Å²) in [5.41, 5.74) is 0.768. The number of carbonyl (C=O) groups excluding carboxylic acids is 2. The van der Waals surface area contributed by atoms with Gasteiger partial charge in [0.2, 0.25) is 0 Å². The van der Waals surface area contributed by atoms with Crippen LogP contribution in [-0.2, 0) is 6.54 Å². The molecule has 0 aliphatic heterocycles. The van der Waals surface area contributed by atoms with Gasteiger partial charge in [-0.3, -0.25) is 9.59 Å². The zero-order valence-electron chi connectivity index (χ0n) is 17.9. The molecule has 0 fully saturated rings. The van der Waals surface area contributed by atoms with Gasteiger partial charge in [-0.1, -0.05) is 38.9 Å². The van der Waals surface area contributed by atoms with Gasteiger partial charge in [-0.05, 0) is 37.0 Å². The fourth-order valence-electron chi connectivity index (χ4n) is 3.07. The average molecular weight is 402 g/mol. The van der Waals surface area contributed by atoms with Crippen LogP contribution in [0.2, 0.25) is 0 Å². The molecule has 0 saturated carbocycles. The first-order valence-electron chi connectivity index (χ1n) is 10.1. The molecule has 0 aliphatic carbocycles. The number of hydrogen-bond donors (Lipinski definition) is 1. The number of benzene rings is 1. The number of amides is 2. The highest BCUT2D eigenvalue weighted by atomic mass is 16.5. The Balaban J connectivity index is 2.21. The minimum atomic E-state index is -0.276. The molecule has 1 N–H and O–H groups in total. The predicted octanol–water partition coefficient (Wildman–Crippen LogP) is 3.90. The number of ether oxygens (including phenoxy) is 1. The molecule has 29 heavy (non-hydrogen) atoms. The summed E-state index contributed by atoms with van der Waals surface area (Å²) in [4.78, 5) is 27.2. The van der Waals surface area contributed by atoms with Crippen molar-refractivity contribution in [3.63, 3.8) is 0 Å². The molecule has 0 aliphatic rings. The Bertz CT molecular complexity index is 812. The van der Waals surface area contributed by atoms with Crippen LogP contribution in [0.4, 0.5) is 0 Å². The molecule has 0 spiro atoms. The van der Waals surface area contributed by atoms with E-state index in [4.69, 9.17) is 9.26 Å². The van der Waals surface area contributed by atoms with Gasteiger partial charge in [0.05, 0.1) is 13.7 Å². The molecule has 1 aromatic carbocycles. The number of hydrogen-bond acceptors (Lipinski definition) is 5. The van der Waals surface area contributed by atoms with Crippen LogP contribution in [0, 0.1) is 5.92 Å². The summed E-state index contributed by atoms with van der Waals surface area (Å²) < 4.78 is 10.6. The first-order valence-corrected chi connectivity index (χ1v) is 10.1. The number of nitrogens with one attached hydrogen (secondary N) is 1. The third-order valence-corrected chi connectivity index (χ3v) is 4.75. The number of nitrogens with zero attached hydrogens (tertiary/aromatic N) is 2. The Morgan fingerprint density at radius 3 is 2.55 bits per heavy atom. The molecule has 7 nitrogen and oxygen atoms in total. The Labute approximate surface area is 172 Å². The van der Waals surface area contributed by atoms with Crippen LogP contribution < -0.4 is 10.1 Å². The second-order valence-corrected chi connectivity index (χ2v) is 7.42. The van der Waals surface area contributed by atoms with Crippen molar-refractivity contribution in [2.24, 2.45) is 5.92 Å². The van der Waals surface area contributed by atoms with Gasteiger partial charge >= 0.3 is 0 Å². The molecule has 2 aromatic rings. The summed E-state index contributed by atoms with van der Waals surface area (Å²) in [6.45, 7) is 8.94. The fourth-order valence-corrected chi connectivity index (χ4v) is 3.07. The Morgan fingerprint density at radius 2 is 1.93 bits per heavy atom. The van der Waals surface area contributed by atoms with E-state index in [0.717, 1.165) is 12.8 Å². The molecule has 2 amide bonds. The van der Waals surface area contributed by atoms with Gasteiger partial charge in [0, 0.05) is 24.2 Å². The lowest BCUT2D eigenvalue weighted by Crippen LogP contribution is -2.39. The lowest BCUT2D eigenvalue weighted by molar-refractivity contribution is 0.0627. The smallest absolute Gasteiger partial charge is 0.273 e. The molecule has 7 heteroatoms. The van der Waals surface area contributed by atoms with Crippen LogP contribution in [0.25, 0.3) is 0 Å². The predicted molar refractivity (Wildman–Crippen MR) is 111 cm³/mol. The van der Waals surface area contributed by atoms with Crippen molar-refractivity contribution in [2.75, 3.05) is 13.7 Å². The van der Waals surface area contributed by atoms with Crippen LogP contribution >= 0.6 is 0 Å². The first kappa shape index (κ1) is 22.5. The first-order chi connectivity index (χ1) is 13.9. The lowest BCUT2D eigenvalue weighted by atomic mass is 10.1. The van der Waals surface area contributed by atoms with E-state index in [0.29, 0.717) is 29.5 Å². The van der Waals surface area contributed by atoms with Crippen LogP contribution in [0.3, 0.4) is 0 Å². The van der Waals surface area contributed by atoms with Crippen LogP contribution in [0.15, 0.2) is 34.9 Å². The zero-order valence-corrected chi connectivity index (χ0v) is 17.9. The lowest BCUT2D eigenvalue weighted by Gasteiger charge is -2.29. The van der Waals surface area contributed by atoms with Crippen molar-refractivity contribution in [1.29, 1.82) is 0 Å². The number of rotatable bonds is 10. The van der Waals surface area contributed by atoms with Gasteiger partial charge in [-0.25, -0.2) is 0 Å². The minimum Gasteiger partial charge on any atom is -0.497 e. The van der Waals surface area contributed by atoms with Crippen molar-refractivity contribution < 1.29 is 18.8 Å². The van der Waals surface area contributed by atoms with Crippen molar-refractivity contribution in [3.05, 3.63) is 47.3 Å². The van der Waals surface area contributed by atoms with Crippen molar-refractivity contribution in [2.45, 2.75) is 53.1 Å². The highest BCUT2D eigenvalue weighted by Gasteiger charge is 2.25. The van der Waals surface area contributed by atoms with Crippen LogP contribution in [0.5, 0.6) is 5.75 Å². The van der Waals surface area contributed by atoms with Crippen LogP contribution in [-0.4, -0.2) is 41.6 Å². The summed E-state index contributed by atoms with van der Waals surface area (Å²) >= 11 is 0. The van der Waals surface area contributed by atoms with Crippen molar-refractivity contribution in [1.82, 2.24) is 15.4 Å². The summed E-state index contributed by atoms with van der Waals surface area (Å²) in [6, 6.07) is 8.73. The van der Waals surface area contributed by atoms with Gasteiger partial charge in [0.1, 0.15) is 5.75 Å².